The van der Waals surface area contributed by atoms with E-state index < -0.39 is 0 Å². The average molecular weight is 309 g/mol. The van der Waals surface area contributed by atoms with Crippen molar-refractivity contribution < 1.29 is 4.79 Å². The summed E-state index contributed by atoms with van der Waals surface area (Å²) in [6, 6.07) is 9.33. The third kappa shape index (κ3) is 3.56. The number of nitrogens with one attached hydrogen (secondary N) is 1. The van der Waals surface area contributed by atoms with Crippen molar-refractivity contribution in [2.24, 2.45) is 5.92 Å². The van der Waals surface area contributed by atoms with Crippen LogP contribution in [0, 0.1) is 17.2 Å². The summed E-state index contributed by atoms with van der Waals surface area (Å²) >= 11 is 0. The molecule has 1 saturated heterocycles. The van der Waals surface area contributed by atoms with Gasteiger partial charge >= 0.3 is 6.03 Å². The van der Waals surface area contributed by atoms with E-state index in [0.29, 0.717) is 11.5 Å². The molecule has 1 heterocycles. The third-order valence-corrected chi connectivity index (χ3v) is 4.79. The summed E-state index contributed by atoms with van der Waals surface area (Å²) in [4.78, 5) is 14.7. The molecule has 120 valence electrons. The lowest BCUT2D eigenvalue weighted by Crippen LogP contribution is -2.40. The van der Waals surface area contributed by atoms with Crippen LogP contribution >= 0.6 is 0 Å². The number of nitriles is 1. The lowest BCUT2D eigenvalue weighted by atomic mass is 9.91. The molecule has 1 aliphatic heterocycles. The number of rotatable bonds is 2. The van der Waals surface area contributed by atoms with Crippen LogP contribution in [0.3, 0.4) is 0 Å². The van der Waals surface area contributed by atoms with E-state index in [1.54, 1.807) is 24.3 Å². The van der Waals surface area contributed by atoms with E-state index in [-0.39, 0.29) is 12.1 Å². The van der Waals surface area contributed by atoms with E-state index in [2.05, 4.69) is 24.4 Å². The second-order valence-electron chi connectivity index (χ2n) is 6.65. The van der Waals surface area contributed by atoms with Gasteiger partial charge in [0.1, 0.15) is 0 Å². The molecule has 23 heavy (non-hydrogen) atoms. The lowest BCUT2D eigenvalue weighted by Gasteiger charge is -2.28. The molecule has 2 amide bonds. The van der Waals surface area contributed by atoms with Crippen LogP contribution in [-0.2, 0) is 0 Å². The van der Waals surface area contributed by atoms with Crippen molar-refractivity contribution in [3.63, 3.8) is 0 Å². The summed E-state index contributed by atoms with van der Waals surface area (Å²) in [5, 5.41) is 11.8. The minimum atomic E-state index is -0.0319. The third-order valence-electron chi connectivity index (χ3n) is 4.79. The van der Waals surface area contributed by atoms with Gasteiger partial charge in [0.15, 0.2) is 0 Å². The Morgan fingerprint density at radius 1 is 1.30 bits per heavy atom. The van der Waals surface area contributed by atoms with Crippen LogP contribution in [-0.4, -0.2) is 23.5 Å². The molecule has 1 aliphatic carbocycles. The predicted octanol–water partition coefficient (Wildman–Crippen LogP) is 4.30. The zero-order valence-corrected chi connectivity index (χ0v) is 13.6. The highest BCUT2D eigenvalue weighted by atomic mass is 16.2. The molecule has 2 aliphatic rings. The molecule has 2 atom stereocenters. The smallest absolute Gasteiger partial charge is 0.318 e. The van der Waals surface area contributed by atoms with Gasteiger partial charge in [-0.05, 0) is 62.3 Å². The topological polar surface area (TPSA) is 56.1 Å². The van der Waals surface area contributed by atoms with Crippen LogP contribution in [0.15, 0.2) is 35.9 Å². The van der Waals surface area contributed by atoms with Crippen molar-refractivity contribution in [1.82, 2.24) is 4.90 Å². The molecule has 0 aromatic heterocycles. The molecule has 0 spiro atoms. The first-order valence-corrected chi connectivity index (χ1v) is 8.44. The maximum Gasteiger partial charge on any atom is 0.322 e. The highest BCUT2D eigenvalue weighted by molar-refractivity contribution is 5.90. The van der Waals surface area contributed by atoms with Crippen LogP contribution in [0.1, 0.15) is 44.6 Å². The van der Waals surface area contributed by atoms with E-state index in [9.17, 15) is 4.79 Å². The minimum Gasteiger partial charge on any atom is -0.318 e. The predicted molar refractivity (Wildman–Crippen MR) is 91.0 cm³/mol. The largest absolute Gasteiger partial charge is 0.322 e. The SMILES string of the molecule is CC1C[C@@H](C2=CCCCC2)N(C(=O)Nc2ccc(C#N)cc2)C1. The minimum absolute atomic E-state index is 0.0319. The molecular weight excluding hydrogens is 286 g/mol. The quantitative estimate of drug-likeness (QED) is 0.828. The second-order valence-corrected chi connectivity index (χ2v) is 6.65. The first-order valence-electron chi connectivity index (χ1n) is 8.44. The standard InChI is InChI=1S/C19H23N3O/c1-14-11-18(16-5-3-2-4-6-16)22(13-14)19(23)21-17-9-7-15(12-20)8-10-17/h5,7-10,14,18H,2-4,6,11,13H2,1H3,(H,21,23)/t14?,18-/m0/s1. The number of amides is 2. The Labute approximate surface area is 137 Å². The van der Waals surface area contributed by atoms with Crippen molar-refractivity contribution >= 4 is 11.7 Å². The number of carbonyl (C=O) groups is 1. The fraction of sp³-hybridized carbons (Fsp3) is 0.474. The van der Waals surface area contributed by atoms with Gasteiger partial charge in [0, 0.05) is 12.2 Å². The van der Waals surface area contributed by atoms with Crippen molar-refractivity contribution in [3.05, 3.63) is 41.5 Å². The molecule has 1 aromatic carbocycles. The Bertz CT molecular complexity index is 642. The maximum atomic E-state index is 12.7. The number of benzene rings is 1. The van der Waals surface area contributed by atoms with Crippen LogP contribution in [0.4, 0.5) is 10.5 Å². The first kappa shape index (κ1) is 15.6. The van der Waals surface area contributed by atoms with E-state index >= 15 is 0 Å². The second kappa shape index (κ2) is 6.87. The Morgan fingerprint density at radius 3 is 2.74 bits per heavy atom. The van der Waals surface area contributed by atoms with Gasteiger partial charge in [-0.15, -0.1) is 0 Å². The van der Waals surface area contributed by atoms with Gasteiger partial charge < -0.3 is 10.2 Å². The van der Waals surface area contributed by atoms with Crippen LogP contribution in [0.5, 0.6) is 0 Å². The van der Waals surface area contributed by atoms with Crippen molar-refractivity contribution in [1.29, 1.82) is 5.26 Å². The zero-order valence-electron chi connectivity index (χ0n) is 13.6. The lowest BCUT2D eigenvalue weighted by molar-refractivity contribution is 0.210. The van der Waals surface area contributed by atoms with Gasteiger partial charge in [-0.2, -0.15) is 5.26 Å². The van der Waals surface area contributed by atoms with Crippen LogP contribution in [0.2, 0.25) is 0 Å². The molecule has 0 bridgehead atoms. The van der Waals surface area contributed by atoms with E-state index in [0.717, 1.165) is 31.5 Å². The number of anilines is 1. The highest BCUT2D eigenvalue weighted by Crippen LogP contribution is 2.33. The number of allylic oxidation sites excluding steroid dienone is 1. The van der Waals surface area contributed by atoms with Gasteiger partial charge in [0.25, 0.3) is 0 Å². The first-order chi connectivity index (χ1) is 11.2. The van der Waals surface area contributed by atoms with Gasteiger partial charge in [-0.25, -0.2) is 4.79 Å². The molecule has 0 radical (unpaired) electrons. The number of hydrogen-bond acceptors (Lipinski definition) is 2. The molecular formula is C19H23N3O. The fourth-order valence-corrected chi connectivity index (χ4v) is 3.61. The molecule has 1 fully saturated rings. The molecule has 4 heteroatoms. The summed E-state index contributed by atoms with van der Waals surface area (Å²) in [5.74, 6) is 0.537. The maximum absolute atomic E-state index is 12.7. The van der Waals surface area contributed by atoms with Crippen molar-refractivity contribution in [2.75, 3.05) is 11.9 Å². The Hall–Kier alpha value is -2.28. The number of hydrogen-bond donors (Lipinski definition) is 1. The average Bonchev–Trinajstić information content (AvgIpc) is 2.98. The summed E-state index contributed by atoms with van der Waals surface area (Å²) in [5.41, 5.74) is 2.78. The molecule has 1 unspecified atom stereocenters. The van der Waals surface area contributed by atoms with Crippen LogP contribution in [0.25, 0.3) is 0 Å². The fourth-order valence-electron chi connectivity index (χ4n) is 3.61. The normalized spacial score (nSPS) is 24.0. The molecule has 1 aromatic rings. The number of urea groups is 1. The molecule has 3 rings (SSSR count). The zero-order chi connectivity index (χ0) is 16.2. The van der Waals surface area contributed by atoms with Gasteiger partial charge in [0.2, 0.25) is 0 Å². The Morgan fingerprint density at radius 2 is 2.09 bits per heavy atom. The summed E-state index contributed by atoms with van der Waals surface area (Å²) in [6.45, 7) is 3.02. The molecule has 1 N–H and O–H groups in total. The molecule has 0 saturated carbocycles. The van der Waals surface area contributed by atoms with Gasteiger partial charge in [0.05, 0.1) is 17.7 Å². The van der Waals surface area contributed by atoms with E-state index in [4.69, 9.17) is 5.26 Å². The number of nitrogens with zero attached hydrogens (tertiary/aromatic N) is 2. The van der Waals surface area contributed by atoms with Gasteiger partial charge in [-0.3, -0.25) is 0 Å². The Balaban J connectivity index is 1.71. The highest BCUT2D eigenvalue weighted by Gasteiger charge is 2.35. The summed E-state index contributed by atoms with van der Waals surface area (Å²) in [6.07, 6.45) is 8.18. The van der Waals surface area contributed by atoms with Crippen molar-refractivity contribution in [2.45, 2.75) is 45.1 Å². The monoisotopic (exact) mass is 309 g/mol. The Kier molecular flexibility index (Phi) is 4.66. The van der Waals surface area contributed by atoms with E-state index in [1.807, 2.05) is 4.90 Å². The van der Waals surface area contributed by atoms with Crippen molar-refractivity contribution in [3.8, 4) is 6.07 Å². The van der Waals surface area contributed by atoms with Crippen LogP contribution < -0.4 is 5.32 Å². The number of likely N-dealkylation sites (tertiary alicyclic amines) is 1. The number of carbonyl (C=O) groups excluding carboxylic acids is 1. The van der Waals surface area contributed by atoms with E-state index in [1.165, 1.54) is 18.4 Å². The summed E-state index contributed by atoms with van der Waals surface area (Å²) in [7, 11) is 0. The molecule has 4 nitrogen and oxygen atoms in total. The summed E-state index contributed by atoms with van der Waals surface area (Å²) < 4.78 is 0. The van der Waals surface area contributed by atoms with Gasteiger partial charge in [-0.1, -0.05) is 18.6 Å².